The van der Waals surface area contributed by atoms with E-state index in [0.29, 0.717) is 11.6 Å². The Kier molecular flexibility index (Phi) is 2.81. The number of carbonyl (C=O) groups excluding carboxylic acids is 1. The van der Waals surface area contributed by atoms with E-state index in [0.717, 1.165) is 23.4 Å². The van der Waals surface area contributed by atoms with E-state index in [9.17, 15) is 4.79 Å². The molecule has 0 aromatic carbocycles. The Hall–Kier alpha value is -1.10. The van der Waals surface area contributed by atoms with Crippen LogP contribution in [0.25, 0.3) is 0 Å². The molecule has 1 aromatic rings. The van der Waals surface area contributed by atoms with Crippen LogP contribution in [-0.4, -0.2) is 16.4 Å². The SMILES string of the molecule is Nc1nc(CC(=O)NC23CC4CC(CC(C4)C2)C3)cs1. The molecule has 1 heterocycles. The summed E-state index contributed by atoms with van der Waals surface area (Å²) < 4.78 is 0. The molecule has 4 aliphatic rings. The van der Waals surface area contributed by atoms with Crippen molar-refractivity contribution in [2.45, 2.75) is 50.5 Å². The summed E-state index contributed by atoms with van der Waals surface area (Å²) in [6, 6.07) is 0. The number of carbonyl (C=O) groups is 1. The van der Waals surface area contributed by atoms with E-state index >= 15 is 0 Å². The van der Waals surface area contributed by atoms with Crippen LogP contribution in [0, 0.1) is 17.8 Å². The average molecular weight is 291 g/mol. The molecule has 3 N–H and O–H groups in total. The van der Waals surface area contributed by atoms with Crippen LogP contribution in [0.5, 0.6) is 0 Å². The molecule has 4 nitrogen and oxygen atoms in total. The number of nitrogen functional groups attached to an aromatic ring is 1. The van der Waals surface area contributed by atoms with Gasteiger partial charge in [0.25, 0.3) is 0 Å². The number of amides is 1. The number of thiazole rings is 1. The predicted octanol–water partition coefficient (Wildman–Crippen LogP) is 2.35. The normalized spacial score (nSPS) is 38.1. The second-order valence-corrected chi connectivity index (χ2v) is 7.99. The van der Waals surface area contributed by atoms with Crippen molar-refractivity contribution < 1.29 is 4.79 Å². The molecular formula is C15H21N3OS. The molecule has 4 fully saturated rings. The third-order valence-electron chi connectivity index (χ3n) is 5.35. The Morgan fingerprint density at radius 1 is 1.30 bits per heavy atom. The van der Waals surface area contributed by atoms with Gasteiger partial charge in [-0.15, -0.1) is 11.3 Å². The van der Waals surface area contributed by atoms with Crippen molar-refractivity contribution in [3.05, 3.63) is 11.1 Å². The highest BCUT2D eigenvalue weighted by Gasteiger charge is 2.51. The van der Waals surface area contributed by atoms with E-state index in [-0.39, 0.29) is 11.4 Å². The van der Waals surface area contributed by atoms with E-state index < -0.39 is 0 Å². The zero-order valence-corrected chi connectivity index (χ0v) is 12.4. The van der Waals surface area contributed by atoms with Crippen molar-refractivity contribution in [3.8, 4) is 0 Å². The molecule has 0 radical (unpaired) electrons. The predicted molar refractivity (Wildman–Crippen MR) is 79.3 cm³/mol. The summed E-state index contributed by atoms with van der Waals surface area (Å²) >= 11 is 1.40. The lowest BCUT2D eigenvalue weighted by atomic mass is 9.53. The van der Waals surface area contributed by atoms with Crippen LogP contribution < -0.4 is 11.1 Å². The van der Waals surface area contributed by atoms with Gasteiger partial charge >= 0.3 is 0 Å². The lowest BCUT2D eigenvalue weighted by molar-refractivity contribution is -0.126. The zero-order valence-electron chi connectivity index (χ0n) is 11.6. The quantitative estimate of drug-likeness (QED) is 0.898. The zero-order chi connectivity index (χ0) is 13.7. The number of nitrogens with two attached hydrogens (primary N) is 1. The maximum absolute atomic E-state index is 12.3. The molecule has 1 amide bonds. The van der Waals surface area contributed by atoms with Gasteiger partial charge in [0.2, 0.25) is 5.91 Å². The summed E-state index contributed by atoms with van der Waals surface area (Å²) in [7, 11) is 0. The first-order valence-electron chi connectivity index (χ1n) is 7.61. The molecule has 1 aromatic heterocycles. The van der Waals surface area contributed by atoms with Gasteiger partial charge in [-0.2, -0.15) is 0 Å². The van der Waals surface area contributed by atoms with Crippen LogP contribution >= 0.6 is 11.3 Å². The Morgan fingerprint density at radius 3 is 2.40 bits per heavy atom. The van der Waals surface area contributed by atoms with Crippen molar-refractivity contribution >= 4 is 22.4 Å². The Balaban J connectivity index is 1.44. The molecule has 0 aliphatic heterocycles. The van der Waals surface area contributed by atoms with E-state index in [1.165, 1.54) is 49.9 Å². The fourth-order valence-electron chi connectivity index (χ4n) is 5.17. The van der Waals surface area contributed by atoms with Crippen LogP contribution in [0.3, 0.4) is 0 Å². The number of nitrogens with one attached hydrogen (secondary N) is 1. The molecule has 0 atom stereocenters. The minimum absolute atomic E-state index is 0.105. The third kappa shape index (κ3) is 2.22. The fourth-order valence-corrected chi connectivity index (χ4v) is 5.73. The van der Waals surface area contributed by atoms with Gasteiger partial charge in [-0.3, -0.25) is 4.79 Å². The van der Waals surface area contributed by atoms with Gasteiger partial charge in [0, 0.05) is 10.9 Å². The van der Waals surface area contributed by atoms with Gasteiger partial charge < -0.3 is 11.1 Å². The number of aromatic nitrogens is 1. The van der Waals surface area contributed by atoms with Crippen LogP contribution in [-0.2, 0) is 11.2 Å². The molecule has 108 valence electrons. The number of rotatable bonds is 3. The number of nitrogens with zero attached hydrogens (tertiary/aromatic N) is 1. The fraction of sp³-hybridized carbons (Fsp3) is 0.733. The van der Waals surface area contributed by atoms with Crippen LogP contribution in [0.2, 0.25) is 0 Å². The molecule has 0 unspecified atom stereocenters. The first kappa shape index (κ1) is 12.6. The smallest absolute Gasteiger partial charge is 0.226 e. The maximum atomic E-state index is 12.3. The lowest BCUT2D eigenvalue weighted by Crippen LogP contribution is -2.60. The summed E-state index contributed by atoms with van der Waals surface area (Å²) in [5, 5.41) is 5.79. The summed E-state index contributed by atoms with van der Waals surface area (Å²) in [5.74, 6) is 2.70. The first-order valence-corrected chi connectivity index (χ1v) is 8.49. The van der Waals surface area contributed by atoms with Crippen molar-refractivity contribution in [2.24, 2.45) is 17.8 Å². The van der Waals surface area contributed by atoms with Gasteiger partial charge in [-0.05, 0) is 56.3 Å². The second-order valence-electron chi connectivity index (χ2n) is 7.10. The molecular weight excluding hydrogens is 270 g/mol. The van der Waals surface area contributed by atoms with Crippen molar-refractivity contribution in [1.29, 1.82) is 0 Å². The van der Waals surface area contributed by atoms with E-state index in [1.54, 1.807) is 0 Å². The Bertz CT molecular complexity index is 504. The minimum Gasteiger partial charge on any atom is -0.375 e. The van der Waals surface area contributed by atoms with E-state index in [1.807, 2.05) is 5.38 Å². The largest absolute Gasteiger partial charge is 0.375 e. The van der Waals surface area contributed by atoms with Crippen LogP contribution in [0.15, 0.2) is 5.38 Å². The molecule has 4 aliphatic carbocycles. The number of hydrogen-bond donors (Lipinski definition) is 2. The molecule has 0 spiro atoms. The van der Waals surface area contributed by atoms with Crippen LogP contribution in [0.4, 0.5) is 5.13 Å². The average Bonchev–Trinajstić information content (AvgIpc) is 2.71. The Labute approximate surface area is 123 Å². The highest BCUT2D eigenvalue weighted by atomic mass is 32.1. The van der Waals surface area contributed by atoms with Gasteiger partial charge in [0.1, 0.15) is 0 Å². The molecule has 5 rings (SSSR count). The van der Waals surface area contributed by atoms with E-state index in [4.69, 9.17) is 5.73 Å². The molecule has 0 saturated heterocycles. The molecule has 20 heavy (non-hydrogen) atoms. The topological polar surface area (TPSA) is 68.0 Å². The van der Waals surface area contributed by atoms with E-state index in [2.05, 4.69) is 10.3 Å². The minimum atomic E-state index is 0.105. The monoisotopic (exact) mass is 291 g/mol. The summed E-state index contributed by atoms with van der Waals surface area (Å²) in [6.45, 7) is 0. The number of anilines is 1. The summed E-state index contributed by atoms with van der Waals surface area (Å²) in [4.78, 5) is 16.5. The third-order valence-corrected chi connectivity index (χ3v) is 6.08. The second kappa shape index (κ2) is 4.45. The maximum Gasteiger partial charge on any atom is 0.226 e. The Morgan fingerprint density at radius 2 is 1.90 bits per heavy atom. The molecule has 5 heteroatoms. The van der Waals surface area contributed by atoms with Crippen LogP contribution in [0.1, 0.15) is 44.2 Å². The van der Waals surface area contributed by atoms with Gasteiger partial charge in [0.15, 0.2) is 5.13 Å². The van der Waals surface area contributed by atoms with Gasteiger partial charge in [0.05, 0.1) is 12.1 Å². The lowest BCUT2D eigenvalue weighted by Gasteiger charge is -2.56. The van der Waals surface area contributed by atoms with Crippen molar-refractivity contribution in [1.82, 2.24) is 10.3 Å². The summed E-state index contributed by atoms with van der Waals surface area (Å²) in [5.41, 5.74) is 6.52. The highest BCUT2D eigenvalue weighted by molar-refractivity contribution is 7.13. The van der Waals surface area contributed by atoms with Crippen molar-refractivity contribution in [2.75, 3.05) is 5.73 Å². The van der Waals surface area contributed by atoms with Crippen molar-refractivity contribution in [3.63, 3.8) is 0 Å². The highest BCUT2D eigenvalue weighted by Crippen LogP contribution is 2.55. The summed E-state index contributed by atoms with van der Waals surface area (Å²) in [6.07, 6.45) is 8.17. The first-order chi connectivity index (χ1) is 9.60. The van der Waals surface area contributed by atoms with Gasteiger partial charge in [-0.1, -0.05) is 0 Å². The molecule has 4 saturated carbocycles. The standard InChI is InChI=1S/C15H21N3OS/c16-14-17-12(8-20-14)4-13(19)18-15-5-9-1-10(6-15)3-11(2-9)7-15/h8-11H,1-7H2,(H2,16,17)(H,18,19). The number of hydrogen-bond acceptors (Lipinski definition) is 4. The molecule has 4 bridgehead atoms. The van der Waals surface area contributed by atoms with Gasteiger partial charge in [-0.25, -0.2) is 4.98 Å².